The van der Waals surface area contributed by atoms with Crippen LogP contribution in [0.4, 0.5) is 10.7 Å². The third kappa shape index (κ3) is 2.45. The number of carbonyl (C=O) groups is 1. The smallest absolute Gasteiger partial charge is 0.324 e. The molecule has 2 fully saturated rings. The summed E-state index contributed by atoms with van der Waals surface area (Å²) in [6.07, 6.45) is 5.00. The molecule has 9 heteroatoms. The summed E-state index contributed by atoms with van der Waals surface area (Å²) in [6.45, 7) is 2.91. The molecule has 2 amide bonds. The van der Waals surface area contributed by atoms with Crippen LogP contribution in [0.3, 0.4) is 0 Å². The number of fused-ring (bicyclic) bond motifs is 1. The van der Waals surface area contributed by atoms with Crippen molar-refractivity contribution in [2.24, 2.45) is 0 Å². The number of urea groups is 1. The van der Waals surface area contributed by atoms with E-state index in [1.165, 1.54) is 0 Å². The summed E-state index contributed by atoms with van der Waals surface area (Å²) in [5, 5.41) is 16.7. The maximum atomic E-state index is 12.6. The van der Waals surface area contributed by atoms with Crippen LogP contribution < -0.4 is 4.90 Å². The van der Waals surface area contributed by atoms with Gasteiger partial charge in [-0.2, -0.15) is 10.2 Å². The minimum Gasteiger partial charge on any atom is -0.337 e. The van der Waals surface area contributed by atoms with Crippen molar-refractivity contribution in [3.63, 3.8) is 0 Å². The van der Waals surface area contributed by atoms with Gasteiger partial charge in [-0.1, -0.05) is 17.7 Å². The molecule has 1 aromatic rings. The molecule has 3 aliphatic rings. The average Bonchev–Trinajstić information content (AvgIpc) is 3.18. The fourth-order valence-corrected chi connectivity index (χ4v) is 3.71. The van der Waals surface area contributed by atoms with E-state index in [4.69, 9.17) is 16.9 Å². The van der Waals surface area contributed by atoms with E-state index in [1.807, 2.05) is 20.8 Å². The van der Waals surface area contributed by atoms with Gasteiger partial charge in [-0.3, -0.25) is 4.90 Å². The second kappa shape index (κ2) is 5.91. The van der Waals surface area contributed by atoms with E-state index in [-0.39, 0.29) is 22.9 Å². The first-order valence-corrected chi connectivity index (χ1v) is 8.37. The number of halogens is 1. The number of nitrogens with zero attached hydrogens (tertiary/aromatic N) is 7. The van der Waals surface area contributed by atoms with Crippen molar-refractivity contribution >= 4 is 23.6 Å². The molecule has 1 atom stereocenters. The van der Waals surface area contributed by atoms with Crippen LogP contribution in [0, 0.1) is 11.3 Å². The molecule has 4 heterocycles. The number of aromatic nitrogens is 3. The van der Waals surface area contributed by atoms with Crippen LogP contribution in [0.2, 0.25) is 5.15 Å². The van der Waals surface area contributed by atoms with Gasteiger partial charge in [0.15, 0.2) is 10.8 Å². The standard InChI is InChI=1S/C15H16ClN7O/c16-13-12(7-17)19-20-14(18-13)21-5-1-3-10(8-21)23-9-11-4-2-6-22(11)15(23)24/h4,10H,1-3,5-6,8-9H2. The fourth-order valence-electron chi connectivity index (χ4n) is 3.56. The maximum absolute atomic E-state index is 12.6. The van der Waals surface area contributed by atoms with Crippen molar-refractivity contribution in [1.82, 2.24) is 25.0 Å². The number of piperidine rings is 1. The summed E-state index contributed by atoms with van der Waals surface area (Å²) >= 11 is 5.96. The lowest BCUT2D eigenvalue weighted by molar-refractivity contribution is 0.172. The van der Waals surface area contributed by atoms with E-state index in [0.717, 1.165) is 38.0 Å². The molecule has 2 saturated heterocycles. The van der Waals surface area contributed by atoms with Gasteiger partial charge in [-0.15, -0.1) is 10.2 Å². The van der Waals surface area contributed by atoms with Gasteiger partial charge in [-0.25, -0.2) is 4.79 Å². The highest BCUT2D eigenvalue weighted by Gasteiger charge is 2.40. The van der Waals surface area contributed by atoms with Crippen molar-refractivity contribution in [3.05, 3.63) is 22.6 Å². The van der Waals surface area contributed by atoms with Gasteiger partial charge in [0.2, 0.25) is 5.95 Å². The van der Waals surface area contributed by atoms with Crippen LogP contribution in [0.5, 0.6) is 0 Å². The molecule has 3 aliphatic heterocycles. The van der Waals surface area contributed by atoms with E-state index in [0.29, 0.717) is 19.0 Å². The first-order valence-electron chi connectivity index (χ1n) is 8.00. The number of hydrogen-bond donors (Lipinski definition) is 0. The summed E-state index contributed by atoms with van der Waals surface area (Å²) in [5.74, 6) is 0.412. The SMILES string of the molecule is N#Cc1nnc(N2CCCC(N3CC4=CCCN4C3=O)C2)nc1Cl. The zero-order chi connectivity index (χ0) is 16.7. The van der Waals surface area contributed by atoms with Crippen molar-refractivity contribution in [2.45, 2.75) is 25.3 Å². The molecule has 1 unspecified atom stereocenters. The van der Waals surface area contributed by atoms with E-state index < -0.39 is 0 Å². The quantitative estimate of drug-likeness (QED) is 0.804. The summed E-state index contributed by atoms with van der Waals surface area (Å²) in [4.78, 5) is 22.5. The van der Waals surface area contributed by atoms with E-state index in [2.05, 4.69) is 21.3 Å². The molecule has 1 aromatic heterocycles. The Morgan fingerprint density at radius 1 is 1.33 bits per heavy atom. The number of anilines is 1. The first kappa shape index (κ1) is 15.1. The Morgan fingerprint density at radius 2 is 2.21 bits per heavy atom. The van der Waals surface area contributed by atoms with Gasteiger partial charge in [0, 0.05) is 25.3 Å². The average molecular weight is 346 g/mol. The van der Waals surface area contributed by atoms with Gasteiger partial charge in [0.1, 0.15) is 6.07 Å². The normalized spacial score (nSPS) is 23.3. The molecule has 124 valence electrons. The van der Waals surface area contributed by atoms with Crippen LogP contribution >= 0.6 is 11.6 Å². The highest BCUT2D eigenvalue weighted by atomic mass is 35.5. The van der Waals surface area contributed by atoms with Gasteiger partial charge < -0.3 is 9.80 Å². The topological polar surface area (TPSA) is 89.3 Å². The predicted octanol–water partition coefficient (Wildman–Crippen LogP) is 1.39. The number of nitriles is 1. The minimum absolute atomic E-state index is 0.0243. The molecule has 0 saturated carbocycles. The number of rotatable bonds is 2. The molecular weight excluding hydrogens is 330 g/mol. The molecule has 0 aliphatic carbocycles. The van der Waals surface area contributed by atoms with Gasteiger partial charge in [0.05, 0.1) is 12.6 Å². The van der Waals surface area contributed by atoms with Crippen molar-refractivity contribution in [3.8, 4) is 6.07 Å². The lowest BCUT2D eigenvalue weighted by atomic mass is 10.0. The van der Waals surface area contributed by atoms with Gasteiger partial charge in [0.25, 0.3) is 0 Å². The maximum Gasteiger partial charge on any atom is 0.324 e. The van der Waals surface area contributed by atoms with Crippen molar-refractivity contribution in [1.29, 1.82) is 5.26 Å². The Morgan fingerprint density at radius 3 is 2.96 bits per heavy atom. The van der Waals surface area contributed by atoms with E-state index >= 15 is 0 Å². The third-order valence-corrected chi connectivity index (χ3v) is 5.01. The Labute approximate surface area is 144 Å². The molecule has 4 rings (SSSR count). The minimum atomic E-state index is 0.0243. The van der Waals surface area contributed by atoms with Crippen LogP contribution in [0.15, 0.2) is 11.8 Å². The molecule has 8 nitrogen and oxygen atoms in total. The molecule has 0 aromatic carbocycles. The number of hydrogen-bond acceptors (Lipinski definition) is 6. The zero-order valence-electron chi connectivity index (χ0n) is 13.0. The van der Waals surface area contributed by atoms with Crippen LogP contribution in [0.1, 0.15) is 25.0 Å². The van der Waals surface area contributed by atoms with Gasteiger partial charge >= 0.3 is 6.03 Å². The summed E-state index contributed by atoms with van der Waals surface area (Å²) < 4.78 is 0. The number of carbonyl (C=O) groups excluding carboxylic acids is 1. The second-order valence-electron chi connectivity index (χ2n) is 6.15. The summed E-state index contributed by atoms with van der Waals surface area (Å²) in [7, 11) is 0. The Kier molecular flexibility index (Phi) is 3.73. The summed E-state index contributed by atoms with van der Waals surface area (Å²) in [5.41, 5.74) is 1.15. The number of amides is 2. The largest absolute Gasteiger partial charge is 0.337 e. The Bertz CT molecular complexity index is 759. The monoisotopic (exact) mass is 345 g/mol. The summed E-state index contributed by atoms with van der Waals surface area (Å²) in [6, 6.07) is 2.08. The second-order valence-corrected chi connectivity index (χ2v) is 6.51. The third-order valence-electron chi connectivity index (χ3n) is 4.75. The van der Waals surface area contributed by atoms with Crippen molar-refractivity contribution in [2.75, 3.05) is 31.1 Å². The molecule has 0 bridgehead atoms. The van der Waals surface area contributed by atoms with Crippen LogP contribution in [0.25, 0.3) is 0 Å². The highest BCUT2D eigenvalue weighted by molar-refractivity contribution is 6.30. The fraction of sp³-hybridized carbons (Fsp3) is 0.533. The lowest BCUT2D eigenvalue weighted by Gasteiger charge is -2.37. The highest BCUT2D eigenvalue weighted by Crippen LogP contribution is 2.30. The molecule has 0 radical (unpaired) electrons. The van der Waals surface area contributed by atoms with Gasteiger partial charge in [-0.05, 0) is 19.3 Å². The molecule has 0 spiro atoms. The predicted molar refractivity (Wildman–Crippen MR) is 86.3 cm³/mol. The zero-order valence-corrected chi connectivity index (χ0v) is 13.8. The lowest BCUT2D eigenvalue weighted by Crippen LogP contribution is -2.50. The first-order chi connectivity index (χ1) is 11.7. The molecule has 24 heavy (non-hydrogen) atoms. The molecular formula is C15H16ClN7O. The Hall–Kier alpha value is -2.40. The van der Waals surface area contributed by atoms with Crippen LogP contribution in [-0.2, 0) is 0 Å². The van der Waals surface area contributed by atoms with E-state index in [9.17, 15) is 4.79 Å². The van der Waals surface area contributed by atoms with Crippen LogP contribution in [-0.4, -0.2) is 63.2 Å². The molecule has 0 N–H and O–H groups in total. The van der Waals surface area contributed by atoms with Crippen molar-refractivity contribution < 1.29 is 4.79 Å². The Balaban J connectivity index is 1.51. The van der Waals surface area contributed by atoms with E-state index in [1.54, 1.807) is 0 Å².